The monoisotopic (exact) mass is 272 g/mol. The van der Waals surface area contributed by atoms with Crippen molar-refractivity contribution in [2.24, 2.45) is 5.18 Å². The minimum Gasteiger partial charge on any atom is -0.393 e. The lowest BCUT2D eigenvalue weighted by atomic mass is 9.78. The van der Waals surface area contributed by atoms with Gasteiger partial charge in [0, 0.05) is 0 Å². The van der Waals surface area contributed by atoms with E-state index in [0.717, 1.165) is 0 Å². The molecule has 0 radical (unpaired) electrons. The van der Waals surface area contributed by atoms with Crippen molar-refractivity contribution in [3.05, 3.63) is 46.5 Å². The number of hydrogen-bond donors (Lipinski definition) is 2. The van der Waals surface area contributed by atoms with Gasteiger partial charge in [-0.05, 0) is 36.4 Å². The van der Waals surface area contributed by atoms with E-state index in [2.05, 4.69) is 10.5 Å². The van der Waals surface area contributed by atoms with Crippen LogP contribution in [0.4, 0.5) is 0 Å². The molecule has 0 unspecified atom stereocenters. The Kier molecular flexibility index (Phi) is 3.14. The zero-order chi connectivity index (χ0) is 14.2. The standard InChI is InChI=1S/C15H16N2O3/c18-11-6-8-15(9-7-11)13(17-20)12(14(19)16-15)10-4-2-1-3-5-10/h1-5,11,18H,6-9H2,(H,16,19). The molecule has 1 fully saturated rings. The topological polar surface area (TPSA) is 78.8 Å². The number of nitroso groups, excluding NO2 is 1. The lowest BCUT2D eigenvalue weighted by Gasteiger charge is -2.35. The number of nitrogens with zero attached hydrogens (tertiary/aromatic N) is 1. The lowest BCUT2D eigenvalue weighted by Crippen LogP contribution is -2.47. The number of benzene rings is 1. The van der Waals surface area contributed by atoms with Gasteiger partial charge in [0.05, 0.1) is 17.2 Å². The average molecular weight is 272 g/mol. The summed E-state index contributed by atoms with van der Waals surface area (Å²) < 4.78 is 0. The molecule has 1 amide bonds. The van der Waals surface area contributed by atoms with Crippen LogP contribution in [0.5, 0.6) is 0 Å². The summed E-state index contributed by atoms with van der Waals surface area (Å²) >= 11 is 0. The van der Waals surface area contributed by atoms with Crippen molar-refractivity contribution in [2.75, 3.05) is 0 Å². The molecule has 104 valence electrons. The largest absolute Gasteiger partial charge is 0.393 e. The molecule has 0 aromatic heterocycles. The van der Waals surface area contributed by atoms with Crippen LogP contribution in [0, 0.1) is 4.91 Å². The Labute approximate surface area is 116 Å². The zero-order valence-corrected chi connectivity index (χ0v) is 11.0. The molecule has 3 rings (SSSR count). The van der Waals surface area contributed by atoms with Gasteiger partial charge >= 0.3 is 0 Å². The van der Waals surface area contributed by atoms with Crippen LogP contribution in [0.1, 0.15) is 31.2 Å². The smallest absolute Gasteiger partial charge is 0.254 e. The maximum atomic E-state index is 12.3. The molecule has 1 heterocycles. The lowest BCUT2D eigenvalue weighted by molar-refractivity contribution is -0.116. The number of carbonyl (C=O) groups excluding carboxylic acids is 1. The maximum absolute atomic E-state index is 12.3. The van der Waals surface area contributed by atoms with Gasteiger partial charge < -0.3 is 10.4 Å². The third-order valence-corrected chi connectivity index (χ3v) is 4.23. The molecule has 2 N–H and O–H groups in total. The van der Waals surface area contributed by atoms with Crippen molar-refractivity contribution in [1.29, 1.82) is 0 Å². The fourth-order valence-corrected chi connectivity index (χ4v) is 3.15. The molecule has 5 nitrogen and oxygen atoms in total. The van der Waals surface area contributed by atoms with Crippen LogP contribution in [-0.2, 0) is 4.79 Å². The Hall–Kier alpha value is -2.01. The summed E-state index contributed by atoms with van der Waals surface area (Å²) in [5, 5.41) is 15.7. The van der Waals surface area contributed by atoms with Gasteiger partial charge in [0.25, 0.3) is 5.91 Å². The van der Waals surface area contributed by atoms with Crippen LogP contribution < -0.4 is 5.32 Å². The molecule has 1 aromatic carbocycles. The van der Waals surface area contributed by atoms with Gasteiger partial charge in [-0.2, -0.15) is 0 Å². The van der Waals surface area contributed by atoms with Gasteiger partial charge in [0.15, 0.2) is 0 Å². The summed E-state index contributed by atoms with van der Waals surface area (Å²) in [4.78, 5) is 23.6. The van der Waals surface area contributed by atoms with E-state index in [0.29, 0.717) is 42.5 Å². The highest BCUT2D eigenvalue weighted by molar-refractivity contribution is 6.23. The number of rotatable bonds is 2. The van der Waals surface area contributed by atoms with Crippen molar-refractivity contribution >= 4 is 11.5 Å². The Morgan fingerprint density at radius 1 is 1.20 bits per heavy atom. The van der Waals surface area contributed by atoms with Crippen molar-refractivity contribution in [3.63, 3.8) is 0 Å². The highest BCUT2D eigenvalue weighted by Crippen LogP contribution is 2.42. The molecule has 1 aromatic rings. The first-order chi connectivity index (χ1) is 9.66. The molecular weight excluding hydrogens is 256 g/mol. The van der Waals surface area contributed by atoms with Crippen LogP contribution >= 0.6 is 0 Å². The summed E-state index contributed by atoms with van der Waals surface area (Å²) in [5.41, 5.74) is 0.684. The molecule has 1 spiro atoms. The molecule has 1 saturated carbocycles. The van der Waals surface area contributed by atoms with Crippen LogP contribution in [-0.4, -0.2) is 22.7 Å². The Morgan fingerprint density at radius 2 is 1.85 bits per heavy atom. The summed E-state index contributed by atoms with van der Waals surface area (Å²) in [5.74, 6) is -0.248. The third-order valence-electron chi connectivity index (χ3n) is 4.23. The SMILES string of the molecule is O=NC1=C(c2ccccc2)C(=O)NC12CCC(O)CC2. The van der Waals surface area contributed by atoms with Crippen molar-refractivity contribution in [2.45, 2.75) is 37.3 Å². The van der Waals surface area contributed by atoms with Crippen LogP contribution in [0.3, 0.4) is 0 Å². The second kappa shape index (κ2) is 4.83. The summed E-state index contributed by atoms with van der Waals surface area (Å²) in [6, 6.07) is 9.12. The first-order valence-electron chi connectivity index (χ1n) is 6.80. The van der Waals surface area contributed by atoms with E-state index >= 15 is 0 Å². The third kappa shape index (κ3) is 1.94. The van der Waals surface area contributed by atoms with Crippen LogP contribution in [0.2, 0.25) is 0 Å². The van der Waals surface area contributed by atoms with Crippen LogP contribution in [0.25, 0.3) is 5.57 Å². The van der Waals surface area contributed by atoms with E-state index in [1.807, 2.05) is 18.2 Å². The van der Waals surface area contributed by atoms with E-state index in [1.54, 1.807) is 12.1 Å². The zero-order valence-electron chi connectivity index (χ0n) is 11.0. The normalized spacial score (nSPS) is 29.6. The number of amides is 1. The minimum atomic E-state index is -0.691. The number of aliphatic hydroxyl groups is 1. The van der Waals surface area contributed by atoms with Crippen molar-refractivity contribution in [1.82, 2.24) is 5.32 Å². The Balaban J connectivity index is 2.06. The van der Waals surface area contributed by atoms with E-state index in [-0.39, 0.29) is 12.0 Å². The predicted octanol–water partition coefficient (Wildman–Crippen LogP) is 1.97. The molecule has 5 heteroatoms. The second-order valence-corrected chi connectivity index (χ2v) is 5.45. The van der Waals surface area contributed by atoms with Crippen molar-refractivity contribution < 1.29 is 9.90 Å². The fourth-order valence-electron chi connectivity index (χ4n) is 3.15. The van der Waals surface area contributed by atoms with Gasteiger partial charge in [-0.1, -0.05) is 30.3 Å². The molecule has 20 heavy (non-hydrogen) atoms. The van der Waals surface area contributed by atoms with Gasteiger partial charge in [-0.25, -0.2) is 0 Å². The minimum absolute atomic E-state index is 0.248. The summed E-state index contributed by atoms with van der Waals surface area (Å²) in [6.07, 6.45) is 1.89. The quantitative estimate of drug-likeness (QED) is 0.808. The summed E-state index contributed by atoms with van der Waals surface area (Å²) in [6.45, 7) is 0. The van der Waals surface area contributed by atoms with Gasteiger partial charge in [-0.15, -0.1) is 4.91 Å². The molecule has 0 saturated heterocycles. The van der Waals surface area contributed by atoms with Gasteiger partial charge in [-0.3, -0.25) is 4.79 Å². The fraction of sp³-hybridized carbons (Fsp3) is 0.400. The van der Waals surface area contributed by atoms with E-state index < -0.39 is 5.54 Å². The highest BCUT2D eigenvalue weighted by atomic mass is 16.3. The Morgan fingerprint density at radius 3 is 2.45 bits per heavy atom. The number of carbonyl (C=O) groups is 1. The molecule has 2 aliphatic rings. The number of aliphatic hydroxyl groups excluding tert-OH is 1. The second-order valence-electron chi connectivity index (χ2n) is 5.45. The predicted molar refractivity (Wildman–Crippen MR) is 74.5 cm³/mol. The average Bonchev–Trinajstić information content (AvgIpc) is 2.75. The first-order valence-corrected chi connectivity index (χ1v) is 6.80. The van der Waals surface area contributed by atoms with E-state index in [1.165, 1.54) is 0 Å². The molecule has 0 atom stereocenters. The first kappa shape index (κ1) is 13.0. The number of nitrogens with one attached hydrogen (secondary N) is 1. The van der Waals surface area contributed by atoms with Crippen molar-refractivity contribution in [3.8, 4) is 0 Å². The highest BCUT2D eigenvalue weighted by Gasteiger charge is 2.48. The van der Waals surface area contributed by atoms with Gasteiger partial charge in [0.1, 0.15) is 5.70 Å². The summed E-state index contributed by atoms with van der Waals surface area (Å²) in [7, 11) is 0. The maximum Gasteiger partial charge on any atom is 0.254 e. The number of hydrogen-bond acceptors (Lipinski definition) is 4. The Bertz CT molecular complexity index is 572. The van der Waals surface area contributed by atoms with E-state index in [4.69, 9.17) is 0 Å². The van der Waals surface area contributed by atoms with Crippen LogP contribution in [0.15, 0.2) is 41.2 Å². The van der Waals surface area contributed by atoms with E-state index in [9.17, 15) is 14.8 Å². The molecule has 1 aliphatic heterocycles. The molecule has 1 aliphatic carbocycles. The molecular formula is C15H16N2O3. The molecule has 0 bridgehead atoms. The van der Waals surface area contributed by atoms with Gasteiger partial charge in [0.2, 0.25) is 0 Å².